The van der Waals surface area contributed by atoms with Crippen molar-refractivity contribution in [2.24, 2.45) is 0 Å². The lowest BCUT2D eigenvalue weighted by molar-refractivity contribution is -0.139. The van der Waals surface area contributed by atoms with Gasteiger partial charge in [-0.1, -0.05) is 0 Å². The van der Waals surface area contributed by atoms with Crippen LogP contribution in [-0.4, -0.2) is 73.1 Å². The van der Waals surface area contributed by atoms with E-state index in [-0.39, 0.29) is 17.3 Å². The summed E-state index contributed by atoms with van der Waals surface area (Å²) in [6.45, 7) is 1.75. The largest absolute Gasteiger partial charge is 0.339 e. The van der Waals surface area contributed by atoms with Gasteiger partial charge in [0.25, 0.3) is 0 Å². The van der Waals surface area contributed by atoms with Gasteiger partial charge in [-0.15, -0.1) is 0 Å². The summed E-state index contributed by atoms with van der Waals surface area (Å²) in [6.07, 6.45) is 0.375. The Morgan fingerprint density at radius 3 is 2.24 bits per heavy atom. The molecular formula is C16H20FN3O4S. The molecule has 2 heterocycles. The number of nitrogens with zero attached hydrogens (tertiary/aromatic N) is 3. The molecule has 9 heteroatoms. The number of amides is 2. The molecular weight excluding hydrogens is 349 g/mol. The number of benzene rings is 1. The van der Waals surface area contributed by atoms with E-state index in [1.54, 1.807) is 14.0 Å². The topological polar surface area (TPSA) is 78.0 Å². The van der Waals surface area contributed by atoms with E-state index in [0.717, 1.165) is 16.4 Å². The average molecular weight is 369 g/mol. The monoisotopic (exact) mass is 369 g/mol. The van der Waals surface area contributed by atoms with Gasteiger partial charge < -0.3 is 9.80 Å². The second kappa shape index (κ2) is 6.06. The number of rotatable bonds is 2. The number of likely N-dealkylation sites (N-methyl/N-ethyl adjacent to an activating group) is 2. The second-order valence-corrected chi connectivity index (χ2v) is 8.34. The lowest BCUT2D eigenvalue weighted by atomic mass is 10.1. The summed E-state index contributed by atoms with van der Waals surface area (Å²) in [5.74, 6) is -1.16. The molecule has 0 N–H and O–H groups in total. The van der Waals surface area contributed by atoms with Crippen LogP contribution in [-0.2, 0) is 19.6 Å². The van der Waals surface area contributed by atoms with Crippen LogP contribution in [0.5, 0.6) is 0 Å². The Labute approximate surface area is 146 Å². The minimum absolute atomic E-state index is 0.0729. The van der Waals surface area contributed by atoms with Crippen LogP contribution in [0.2, 0.25) is 0 Å². The van der Waals surface area contributed by atoms with Gasteiger partial charge in [-0.3, -0.25) is 9.59 Å². The van der Waals surface area contributed by atoms with Gasteiger partial charge in [0, 0.05) is 20.6 Å². The first-order valence-corrected chi connectivity index (χ1v) is 9.41. The number of hydrogen-bond donors (Lipinski definition) is 0. The molecule has 2 aliphatic rings. The van der Waals surface area contributed by atoms with E-state index < -0.39 is 39.9 Å². The first-order valence-electron chi connectivity index (χ1n) is 7.97. The third kappa shape index (κ3) is 2.71. The molecule has 3 rings (SSSR count). The van der Waals surface area contributed by atoms with E-state index in [9.17, 15) is 22.4 Å². The molecule has 0 unspecified atom stereocenters. The number of carbonyl (C=O) groups is 2. The first kappa shape index (κ1) is 17.8. The van der Waals surface area contributed by atoms with Crippen LogP contribution in [0.15, 0.2) is 29.2 Å². The Balaban J connectivity index is 2.03. The Hall–Kier alpha value is -2.00. The molecule has 2 aliphatic heterocycles. The van der Waals surface area contributed by atoms with Crippen molar-refractivity contribution in [1.82, 2.24) is 14.1 Å². The Kier molecular flexibility index (Phi) is 4.32. The van der Waals surface area contributed by atoms with E-state index in [4.69, 9.17) is 0 Å². The van der Waals surface area contributed by atoms with Crippen molar-refractivity contribution >= 4 is 21.8 Å². The molecule has 0 aliphatic carbocycles. The molecule has 0 bridgehead atoms. The predicted molar refractivity (Wildman–Crippen MR) is 87.5 cm³/mol. The van der Waals surface area contributed by atoms with Crippen molar-refractivity contribution in [2.45, 2.75) is 36.4 Å². The summed E-state index contributed by atoms with van der Waals surface area (Å²) < 4.78 is 40.2. The van der Waals surface area contributed by atoms with Gasteiger partial charge in [0.1, 0.15) is 17.9 Å². The summed E-state index contributed by atoms with van der Waals surface area (Å²) in [7, 11) is -0.879. The summed E-state index contributed by atoms with van der Waals surface area (Å²) >= 11 is 0. The highest BCUT2D eigenvalue weighted by Crippen LogP contribution is 2.32. The summed E-state index contributed by atoms with van der Waals surface area (Å²) in [5.41, 5.74) is 0. The first-order chi connectivity index (χ1) is 11.7. The maximum absolute atomic E-state index is 13.1. The van der Waals surface area contributed by atoms with Crippen molar-refractivity contribution in [2.75, 3.05) is 20.6 Å². The maximum atomic E-state index is 13.1. The van der Waals surface area contributed by atoms with Crippen molar-refractivity contribution in [3.05, 3.63) is 30.1 Å². The molecule has 2 saturated heterocycles. The summed E-state index contributed by atoms with van der Waals surface area (Å²) in [4.78, 5) is 28.0. The van der Waals surface area contributed by atoms with Gasteiger partial charge in [-0.25, -0.2) is 12.8 Å². The quantitative estimate of drug-likeness (QED) is 0.750. The fourth-order valence-corrected chi connectivity index (χ4v) is 5.10. The smallest absolute Gasteiger partial charge is 0.245 e. The van der Waals surface area contributed by atoms with Crippen molar-refractivity contribution in [3.63, 3.8) is 0 Å². The molecule has 2 amide bonds. The van der Waals surface area contributed by atoms with Crippen molar-refractivity contribution in [1.29, 1.82) is 0 Å². The van der Waals surface area contributed by atoms with Crippen molar-refractivity contribution in [3.8, 4) is 0 Å². The zero-order chi connectivity index (χ0) is 18.5. The van der Waals surface area contributed by atoms with E-state index in [0.29, 0.717) is 6.42 Å². The fraction of sp³-hybridized carbons (Fsp3) is 0.500. The lowest BCUT2D eigenvalue weighted by Gasteiger charge is -2.29. The molecule has 1 aromatic rings. The van der Waals surface area contributed by atoms with Crippen LogP contribution in [0.25, 0.3) is 0 Å². The highest BCUT2D eigenvalue weighted by atomic mass is 32.2. The molecule has 0 saturated carbocycles. The van der Waals surface area contributed by atoms with Gasteiger partial charge in [-0.05, 0) is 37.6 Å². The molecule has 3 atom stereocenters. The minimum Gasteiger partial charge on any atom is -0.339 e. The highest BCUT2D eigenvalue weighted by Gasteiger charge is 2.52. The molecule has 0 spiro atoms. The van der Waals surface area contributed by atoms with Gasteiger partial charge in [-0.2, -0.15) is 4.31 Å². The van der Waals surface area contributed by atoms with Crippen LogP contribution in [0.1, 0.15) is 13.3 Å². The van der Waals surface area contributed by atoms with Gasteiger partial charge in [0.2, 0.25) is 21.8 Å². The number of carbonyl (C=O) groups excluding carboxylic acids is 2. The van der Waals surface area contributed by atoms with Gasteiger partial charge >= 0.3 is 0 Å². The van der Waals surface area contributed by atoms with Crippen LogP contribution in [0.3, 0.4) is 0 Å². The summed E-state index contributed by atoms with van der Waals surface area (Å²) in [6, 6.07) is 2.36. The van der Waals surface area contributed by atoms with Gasteiger partial charge in [0.15, 0.2) is 0 Å². The molecule has 2 fully saturated rings. The standard InChI is InChI=1S/C16H20FN3O4S/c1-10-15(21)19(3)13-8-9-20(14(13)16(22)18(10)2)25(23,24)12-6-4-11(17)5-7-12/h4-7,10,13-14H,8-9H2,1-3H3/t10-,13+,14-/m0/s1. The number of sulfonamides is 1. The zero-order valence-corrected chi connectivity index (χ0v) is 15.0. The third-order valence-electron chi connectivity index (χ3n) is 5.12. The van der Waals surface area contributed by atoms with Crippen molar-refractivity contribution < 1.29 is 22.4 Å². The van der Waals surface area contributed by atoms with Crippen LogP contribution in [0.4, 0.5) is 4.39 Å². The maximum Gasteiger partial charge on any atom is 0.245 e. The minimum atomic E-state index is -3.98. The van der Waals surface area contributed by atoms with Crippen LogP contribution in [0, 0.1) is 5.82 Å². The number of hydrogen-bond acceptors (Lipinski definition) is 4. The fourth-order valence-electron chi connectivity index (χ4n) is 3.48. The Morgan fingerprint density at radius 2 is 1.64 bits per heavy atom. The van der Waals surface area contributed by atoms with E-state index in [2.05, 4.69) is 0 Å². The normalized spacial score (nSPS) is 28.2. The van der Waals surface area contributed by atoms with E-state index in [1.165, 1.54) is 29.0 Å². The molecule has 136 valence electrons. The average Bonchev–Trinajstić information content (AvgIpc) is 3.02. The van der Waals surface area contributed by atoms with E-state index in [1.807, 2.05) is 0 Å². The predicted octanol–water partition coefficient (Wildman–Crippen LogP) is 0.276. The lowest BCUT2D eigenvalue weighted by Crippen LogP contribution is -2.51. The molecule has 7 nitrogen and oxygen atoms in total. The molecule has 0 radical (unpaired) electrons. The molecule has 1 aromatic carbocycles. The Bertz CT molecular complexity index is 811. The SMILES string of the molecule is C[C@H]1C(=O)N(C)[C@@H]2CCN(S(=O)(=O)c3ccc(F)cc3)[C@@H]2C(=O)N1C. The second-order valence-electron chi connectivity index (χ2n) is 6.44. The highest BCUT2D eigenvalue weighted by molar-refractivity contribution is 7.89. The van der Waals surface area contributed by atoms with E-state index >= 15 is 0 Å². The molecule has 25 heavy (non-hydrogen) atoms. The third-order valence-corrected chi connectivity index (χ3v) is 7.02. The number of halogens is 1. The zero-order valence-electron chi connectivity index (χ0n) is 14.2. The van der Waals surface area contributed by atoms with Gasteiger partial charge in [0.05, 0.1) is 10.9 Å². The Morgan fingerprint density at radius 1 is 1.04 bits per heavy atom. The molecule has 0 aromatic heterocycles. The summed E-state index contributed by atoms with van der Waals surface area (Å²) in [5, 5.41) is 0. The number of fused-ring (bicyclic) bond motifs is 1. The van der Waals surface area contributed by atoms with Crippen LogP contribution < -0.4 is 0 Å². The van der Waals surface area contributed by atoms with Crippen LogP contribution >= 0.6 is 0 Å².